The summed E-state index contributed by atoms with van der Waals surface area (Å²) < 4.78 is 1.89. The number of rotatable bonds is 3. The molecule has 0 fully saturated rings. The van der Waals surface area contributed by atoms with Crippen molar-refractivity contribution < 1.29 is 0 Å². The number of aromatic amines is 1. The van der Waals surface area contributed by atoms with Crippen LogP contribution in [0.2, 0.25) is 0 Å². The van der Waals surface area contributed by atoms with Gasteiger partial charge in [-0.3, -0.25) is 14.6 Å². The molecule has 140 valence electrons. The van der Waals surface area contributed by atoms with Gasteiger partial charge in [-0.15, -0.1) is 0 Å². The van der Waals surface area contributed by atoms with E-state index >= 15 is 0 Å². The van der Waals surface area contributed by atoms with E-state index in [9.17, 15) is 4.79 Å². The zero-order valence-electron chi connectivity index (χ0n) is 16.4. The van der Waals surface area contributed by atoms with E-state index in [4.69, 9.17) is 0 Å². The van der Waals surface area contributed by atoms with Gasteiger partial charge in [0.1, 0.15) is 0 Å². The van der Waals surface area contributed by atoms with Crippen LogP contribution in [-0.2, 0) is 5.41 Å². The highest BCUT2D eigenvalue weighted by Crippen LogP contribution is 2.33. The number of hydrogen-bond donors (Lipinski definition) is 1. The van der Waals surface area contributed by atoms with Gasteiger partial charge >= 0.3 is 0 Å². The third-order valence-electron chi connectivity index (χ3n) is 5.00. The minimum absolute atomic E-state index is 0.0814. The van der Waals surface area contributed by atoms with Crippen LogP contribution in [0.25, 0.3) is 28.1 Å². The van der Waals surface area contributed by atoms with E-state index < -0.39 is 0 Å². The van der Waals surface area contributed by atoms with Crippen LogP contribution >= 0.6 is 0 Å². The third kappa shape index (κ3) is 3.31. The molecule has 1 N–H and O–H groups in total. The van der Waals surface area contributed by atoms with Crippen molar-refractivity contribution in [3.63, 3.8) is 0 Å². The fraction of sp³-hybridized carbons (Fsp3) is 0.160. The minimum atomic E-state index is -0.0926. The van der Waals surface area contributed by atoms with E-state index in [1.54, 1.807) is 0 Å². The summed E-state index contributed by atoms with van der Waals surface area (Å²) >= 11 is 0. The van der Waals surface area contributed by atoms with Gasteiger partial charge in [0.15, 0.2) is 0 Å². The molecule has 0 aliphatic heterocycles. The average molecular weight is 368 g/mol. The maximum atomic E-state index is 13.0. The summed E-state index contributed by atoms with van der Waals surface area (Å²) in [5, 5.41) is 3.03. The molecule has 3 heteroatoms. The molecule has 4 rings (SSSR count). The minimum Gasteiger partial charge on any atom is -0.267 e. The number of hydrogen-bond acceptors (Lipinski definition) is 1. The predicted octanol–water partition coefficient (Wildman–Crippen LogP) is 5.80. The van der Waals surface area contributed by atoms with Gasteiger partial charge in [-0.2, -0.15) is 0 Å². The van der Waals surface area contributed by atoms with Crippen molar-refractivity contribution in [3.05, 3.63) is 101 Å². The molecule has 28 heavy (non-hydrogen) atoms. The number of benzene rings is 3. The smallest absolute Gasteiger partial charge is 0.267 e. The monoisotopic (exact) mass is 368 g/mol. The molecule has 0 aliphatic rings. The second kappa shape index (κ2) is 7.01. The molecule has 0 saturated carbocycles. The summed E-state index contributed by atoms with van der Waals surface area (Å²) in [4.78, 5) is 13.0. The van der Waals surface area contributed by atoms with Gasteiger partial charge in [0.05, 0.1) is 16.9 Å². The van der Waals surface area contributed by atoms with Gasteiger partial charge in [0.2, 0.25) is 0 Å². The van der Waals surface area contributed by atoms with Crippen LogP contribution in [0.3, 0.4) is 0 Å². The lowest BCUT2D eigenvalue weighted by molar-refractivity contribution is 0.590. The SMILES string of the molecule is CC(C)(C)c1ccc(-c2c(-c3ccccc3)c(=O)[nH]n2-c2ccccc2)cc1. The molecule has 1 aromatic heterocycles. The normalized spacial score (nSPS) is 11.5. The van der Waals surface area contributed by atoms with E-state index in [2.05, 4.69) is 50.1 Å². The molecule has 1 heterocycles. The number of nitrogens with zero attached hydrogens (tertiary/aromatic N) is 1. The van der Waals surface area contributed by atoms with E-state index in [1.807, 2.05) is 65.3 Å². The fourth-order valence-corrected chi connectivity index (χ4v) is 3.48. The van der Waals surface area contributed by atoms with Crippen LogP contribution in [-0.4, -0.2) is 9.78 Å². The first-order valence-electron chi connectivity index (χ1n) is 9.52. The summed E-state index contributed by atoms with van der Waals surface area (Å²) in [6, 6.07) is 28.3. The van der Waals surface area contributed by atoms with Crippen LogP contribution in [0, 0.1) is 0 Å². The number of H-pyrrole nitrogens is 1. The number of para-hydroxylation sites is 1. The Morgan fingerprint density at radius 1 is 0.714 bits per heavy atom. The molecule has 4 aromatic rings. The Kier molecular flexibility index (Phi) is 4.52. The quantitative estimate of drug-likeness (QED) is 0.488. The predicted molar refractivity (Wildman–Crippen MR) is 116 cm³/mol. The molecular weight excluding hydrogens is 344 g/mol. The van der Waals surface area contributed by atoms with Crippen LogP contribution in [0.15, 0.2) is 89.7 Å². The lowest BCUT2D eigenvalue weighted by Gasteiger charge is -2.19. The summed E-state index contributed by atoms with van der Waals surface area (Å²) in [5.41, 5.74) is 5.67. The van der Waals surface area contributed by atoms with Crippen molar-refractivity contribution in [3.8, 4) is 28.1 Å². The lowest BCUT2D eigenvalue weighted by Crippen LogP contribution is -2.10. The van der Waals surface area contributed by atoms with Crippen molar-refractivity contribution in [1.29, 1.82) is 0 Å². The summed E-state index contributed by atoms with van der Waals surface area (Å²) in [6.45, 7) is 6.61. The van der Waals surface area contributed by atoms with Crippen LogP contribution in [0.5, 0.6) is 0 Å². The first kappa shape index (κ1) is 18.1. The second-order valence-corrected chi connectivity index (χ2v) is 8.03. The number of nitrogens with one attached hydrogen (secondary N) is 1. The molecule has 0 spiro atoms. The maximum Gasteiger partial charge on any atom is 0.272 e. The second-order valence-electron chi connectivity index (χ2n) is 8.03. The third-order valence-corrected chi connectivity index (χ3v) is 5.00. The molecule has 3 aromatic carbocycles. The van der Waals surface area contributed by atoms with Crippen molar-refractivity contribution in [2.24, 2.45) is 0 Å². The molecule has 0 bridgehead atoms. The van der Waals surface area contributed by atoms with E-state index in [1.165, 1.54) is 5.56 Å². The molecule has 0 aliphatic carbocycles. The number of aromatic nitrogens is 2. The first-order valence-corrected chi connectivity index (χ1v) is 9.52. The van der Waals surface area contributed by atoms with Gasteiger partial charge in [-0.05, 0) is 28.7 Å². The average Bonchev–Trinajstić information content (AvgIpc) is 3.06. The topological polar surface area (TPSA) is 37.8 Å². The standard InChI is InChI=1S/C25H24N2O/c1-25(2,3)20-16-14-19(15-17-20)23-22(18-10-6-4-7-11-18)24(28)26-27(23)21-12-8-5-9-13-21/h4-17H,1-3H3,(H,26,28). The van der Waals surface area contributed by atoms with Gasteiger partial charge in [0, 0.05) is 5.56 Å². The van der Waals surface area contributed by atoms with Gasteiger partial charge < -0.3 is 0 Å². The largest absolute Gasteiger partial charge is 0.272 e. The van der Waals surface area contributed by atoms with Gasteiger partial charge in [0.25, 0.3) is 5.56 Å². The molecule has 0 amide bonds. The van der Waals surface area contributed by atoms with Crippen molar-refractivity contribution in [2.75, 3.05) is 0 Å². The Hall–Kier alpha value is -3.33. The van der Waals surface area contributed by atoms with E-state index in [0.717, 1.165) is 22.5 Å². The maximum absolute atomic E-state index is 13.0. The van der Waals surface area contributed by atoms with E-state index in [-0.39, 0.29) is 11.0 Å². The molecule has 0 atom stereocenters. The highest BCUT2D eigenvalue weighted by molar-refractivity contribution is 5.82. The summed E-state index contributed by atoms with van der Waals surface area (Å²) in [7, 11) is 0. The highest BCUT2D eigenvalue weighted by Gasteiger charge is 2.20. The molecule has 0 radical (unpaired) electrons. The highest BCUT2D eigenvalue weighted by atomic mass is 16.1. The Bertz CT molecular complexity index is 1130. The van der Waals surface area contributed by atoms with Crippen molar-refractivity contribution >= 4 is 0 Å². The fourth-order valence-electron chi connectivity index (χ4n) is 3.48. The zero-order valence-corrected chi connectivity index (χ0v) is 16.4. The lowest BCUT2D eigenvalue weighted by atomic mass is 9.86. The van der Waals surface area contributed by atoms with Crippen LogP contribution < -0.4 is 5.56 Å². The molecule has 0 unspecified atom stereocenters. The summed E-state index contributed by atoms with van der Waals surface area (Å²) in [6.07, 6.45) is 0. The Balaban J connectivity index is 1.97. The Morgan fingerprint density at radius 3 is 1.86 bits per heavy atom. The summed E-state index contributed by atoms with van der Waals surface area (Å²) in [5.74, 6) is 0. The van der Waals surface area contributed by atoms with Crippen molar-refractivity contribution in [2.45, 2.75) is 26.2 Å². The molecular formula is C25H24N2O. The van der Waals surface area contributed by atoms with Crippen molar-refractivity contribution in [1.82, 2.24) is 9.78 Å². The zero-order chi connectivity index (χ0) is 19.7. The molecule has 0 saturated heterocycles. The van der Waals surface area contributed by atoms with Gasteiger partial charge in [-0.1, -0.05) is 93.6 Å². The first-order chi connectivity index (χ1) is 13.4. The van der Waals surface area contributed by atoms with Gasteiger partial charge in [-0.25, -0.2) is 0 Å². The van der Waals surface area contributed by atoms with Crippen LogP contribution in [0.1, 0.15) is 26.3 Å². The Morgan fingerprint density at radius 2 is 1.29 bits per heavy atom. The Labute approximate surface area is 165 Å². The molecule has 3 nitrogen and oxygen atoms in total. The van der Waals surface area contributed by atoms with Crippen LogP contribution in [0.4, 0.5) is 0 Å². The van der Waals surface area contributed by atoms with E-state index in [0.29, 0.717) is 5.56 Å².